The second-order valence-electron chi connectivity index (χ2n) is 5.01. The minimum Gasteiger partial charge on any atom is -0.480 e. The summed E-state index contributed by atoms with van der Waals surface area (Å²) >= 11 is 0. The van der Waals surface area contributed by atoms with Gasteiger partial charge in [0.2, 0.25) is 0 Å². The van der Waals surface area contributed by atoms with Crippen molar-refractivity contribution in [3.05, 3.63) is 34.9 Å². The first-order valence-electron chi connectivity index (χ1n) is 6.38. The highest BCUT2D eigenvalue weighted by atomic mass is 16.4. The Morgan fingerprint density at radius 3 is 2.30 bits per heavy atom. The van der Waals surface area contributed by atoms with Crippen LogP contribution in [-0.4, -0.2) is 40.3 Å². The first kappa shape index (κ1) is 15.9. The number of Topliss-reactive ketones (excluding diaryl/α,β-unsaturated/α-hetero) is 1. The predicted molar refractivity (Wildman–Crippen MR) is 75.0 cm³/mol. The normalized spacial score (nSPS) is 10.4. The van der Waals surface area contributed by atoms with Crippen molar-refractivity contribution in [1.29, 1.82) is 0 Å². The van der Waals surface area contributed by atoms with Gasteiger partial charge in [0.1, 0.15) is 6.54 Å². The van der Waals surface area contributed by atoms with Gasteiger partial charge in [-0.2, -0.15) is 0 Å². The van der Waals surface area contributed by atoms with Gasteiger partial charge in [-0.25, -0.2) is 0 Å². The van der Waals surface area contributed by atoms with Gasteiger partial charge < -0.3 is 10.0 Å². The third-order valence-electron chi connectivity index (χ3n) is 3.05. The molecule has 20 heavy (non-hydrogen) atoms. The maximum Gasteiger partial charge on any atom is 0.323 e. The van der Waals surface area contributed by atoms with E-state index in [1.165, 1.54) is 17.9 Å². The average Bonchev–Trinajstić information content (AvgIpc) is 2.34. The molecule has 108 valence electrons. The molecular weight excluding hydrogens is 258 g/mol. The highest BCUT2D eigenvalue weighted by Gasteiger charge is 2.22. The zero-order chi connectivity index (χ0) is 15.4. The van der Waals surface area contributed by atoms with E-state index in [0.29, 0.717) is 11.1 Å². The lowest BCUT2D eigenvalue weighted by Crippen LogP contribution is -2.40. The Labute approximate surface area is 118 Å². The number of hydrogen-bond donors (Lipinski definition) is 1. The van der Waals surface area contributed by atoms with Crippen molar-refractivity contribution in [2.24, 2.45) is 0 Å². The van der Waals surface area contributed by atoms with Gasteiger partial charge in [0.15, 0.2) is 5.78 Å². The fraction of sp³-hybridized carbons (Fsp3) is 0.400. The van der Waals surface area contributed by atoms with Crippen LogP contribution in [0.3, 0.4) is 0 Å². The minimum absolute atomic E-state index is 0.119. The Balaban J connectivity index is 3.15. The monoisotopic (exact) mass is 277 g/mol. The van der Waals surface area contributed by atoms with Crippen LogP contribution in [0, 0.1) is 6.92 Å². The highest BCUT2D eigenvalue weighted by molar-refractivity contribution is 6.01. The van der Waals surface area contributed by atoms with Crippen LogP contribution < -0.4 is 0 Å². The molecule has 1 N–H and O–H groups in total. The van der Waals surface area contributed by atoms with Crippen molar-refractivity contribution in [3.63, 3.8) is 0 Å². The lowest BCUT2D eigenvalue weighted by molar-refractivity contribution is -0.138. The first-order chi connectivity index (χ1) is 9.23. The van der Waals surface area contributed by atoms with E-state index in [1.807, 2.05) is 0 Å². The van der Waals surface area contributed by atoms with E-state index in [9.17, 15) is 14.4 Å². The number of aryl methyl sites for hydroxylation is 1. The summed E-state index contributed by atoms with van der Waals surface area (Å²) in [6, 6.07) is 4.60. The lowest BCUT2D eigenvalue weighted by Gasteiger charge is -2.25. The molecule has 0 aliphatic carbocycles. The number of carbonyl (C=O) groups excluding carboxylic acids is 2. The van der Waals surface area contributed by atoms with Gasteiger partial charge in [-0.3, -0.25) is 14.4 Å². The summed E-state index contributed by atoms with van der Waals surface area (Å²) in [6.45, 7) is 6.37. The summed E-state index contributed by atoms with van der Waals surface area (Å²) in [7, 11) is 0. The van der Waals surface area contributed by atoms with E-state index in [4.69, 9.17) is 5.11 Å². The Kier molecular flexibility index (Phi) is 5.02. The number of amides is 1. The molecule has 0 fully saturated rings. The van der Waals surface area contributed by atoms with Crippen LogP contribution in [-0.2, 0) is 4.79 Å². The van der Waals surface area contributed by atoms with Crippen LogP contribution in [0.2, 0.25) is 0 Å². The summed E-state index contributed by atoms with van der Waals surface area (Å²) in [5.41, 5.74) is 1.61. The second kappa shape index (κ2) is 6.32. The number of carboxylic acids is 1. The summed E-state index contributed by atoms with van der Waals surface area (Å²) in [5, 5.41) is 8.87. The van der Waals surface area contributed by atoms with Gasteiger partial charge in [0.25, 0.3) is 5.91 Å². The van der Waals surface area contributed by atoms with E-state index < -0.39 is 5.97 Å². The number of carboxylic acid groups (broad SMARTS) is 1. The number of rotatable bonds is 5. The topological polar surface area (TPSA) is 74.7 Å². The summed E-state index contributed by atoms with van der Waals surface area (Å²) < 4.78 is 0. The maximum absolute atomic E-state index is 12.4. The summed E-state index contributed by atoms with van der Waals surface area (Å²) in [4.78, 5) is 36.0. The molecule has 0 bridgehead atoms. The largest absolute Gasteiger partial charge is 0.480 e. The highest BCUT2D eigenvalue weighted by Crippen LogP contribution is 2.15. The quantitative estimate of drug-likeness (QED) is 0.837. The number of benzene rings is 1. The van der Waals surface area contributed by atoms with Gasteiger partial charge in [-0.1, -0.05) is 6.07 Å². The zero-order valence-electron chi connectivity index (χ0n) is 12.1. The molecule has 0 unspecified atom stereocenters. The van der Waals surface area contributed by atoms with Crippen molar-refractivity contribution in [1.82, 2.24) is 4.90 Å². The molecule has 0 aromatic heterocycles. The van der Waals surface area contributed by atoms with Crippen LogP contribution >= 0.6 is 0 Å². The third kappa shape index (κ3) is 3.66. The second-order valence-corrected chi connectivity index (χ2v) is 5.01. The van der Waals surface area contributed by atoms with E-state index in [2.05, 4.69) is 0 Å². The van der Waals surface area contributed by atoms with Crippen LogP contribution in [0.1, 0.15) is 47.1 Å². The first-order valence-corrected chi connectivity index (χ1v) is 6.38. The number of carbonyl (C=O) groups is 3. The minimum atomic E-state index is -1.06. The van der Waals surface area contributed by atoms with Crippen LogP contribution in [0.15, 0.2) is 18.2 Å². The molecule has 5 nitrogen and oxygen atoms in total. The van der Waals surface area contributed by atoms with Gasteiger partial charge in [-0.15, -0.1) is 0 Å². The van der Waals surface area contributed by atoms with Crippen LogP contribution in [0.5, 0.6) is 0 Å². The SMILES string of the molecule is CC(=O)c1cc(C(=O)N(CC(=O)O)C(C)C)ccc1C. The fourth-order valence-corrected chi connectivity index (χ4v) is 1.93. The van der Waals surface area contributed by atoms with Gasteiger partial charge in [0.05, 0.1) is 0 Å². The maximum atomic E-state index is 12.4. The number of hydrogen-bond acceptors (Lipinski definition) is 3. The fourth-order valence-electron chi connectivity index (χ4n) is 1.93. The molecule has 0 aliphatic rings. The van der Waals surface area contributed by atoms with Crippen molar-refractivity contribution in [2.45, 2.75) is 33.7 Å². The molecule has 1 aromatic rings. The molecule has 1 amide bonds. The Morgan fingerprint density at radius 1 is 1.25 bits per heavy atom. The van der Waals surface area contributed by atoms with Crippen molar-refractivity contribution in [3.8, 4) is 0 Å². The molecule has 0 aliphatic heterocycles. The van der Waals surface area contributed by atoms with E-state index in [0.717, 1.165) is 5.56 Å². The van der Waals surface area contributed by atoms with E-state index >= 15 is 0 Å². The molecule has 0 spiro atoms. The third-order valence-corrected chi connectivity index (χ3v) is 3.05. The Hall–Kier alpha value is -2.17. The standard InChI is InChI=1S/C15H19NO4/c1-9(2)16(8-14(18)19)15(20)12-6-5-10(3)13(7-12)11(4)17/h5-7,9H,8H2,1-4H3,(H,18,19). The van der Waals surface area contributed by atoms with E-state index in [1.54, 1.807) is 32.9 Å². The number of aliphatic carboxylic acids is 1. The van der Waals surface area contributed by atoms with Gasteiger partial charge in [0, 0.05) is 17.2 Å². The van der Waals surface area contributed by atoms with Crippen molar-refractivity contribution in [2.75, 3.05) is 6.54 Å². The Morgan fingerprint density at radius 2 is 1.85 bits per heavy atom. The van der Waals surface area contributed by atoms with Gasteiger partial charge in [-0.05, 0) is 45.4 Å². The van der Waals surface area contributed by atoms with Gasteiger partial charge >= 0.3 is 5.97 Å². The number of ketones is 1. The lowest BCUT2D eigenvalue weighted by atomic mass is 10.0. The summed E-state index contributed by atoms with van der Waals surface area (Å²) in [5.74, 6) is -1.57. The van der Waals surface area contributed by atoms with Crippen molar-refractivity contribution < 1.29 is 19.5 Å². The smallest absolute Gasteiger partial charge is 0.323 e. The Bertz CT molecular complexity index is 549. The average molecular weight is 277 g/mol. The number of nitrogens with zero attached hydrogens (tertiary/aromatic N) is 1. The molecular formula is C15H19NO4. The molecule has 0 atom stereocenters. The molecule has 5 heteroatoms. The molecule has 0 heterocycles. The molecule has 1 rings (SSSR count). The zero-order valence-corrected chi connectivity index (χ0v) is 12.1. The molecule has 0 saturated carbocycles. The van der Waals surface area contributed by atoms with Crippen molar-refractivity contribution >= 4 is 17.7 Å². The molecule has 0 radical (unpaired) electrons. The predicted octanol–water partition coefficient (Wildman–Crippen LogP) is 2.13. The molecule has 1 aromatic carbocycles. The van der Waals surface area contributed by atoms with Crippen LogP contribution in [0.25, 0.3) is 0 Å². The molecule has 0 saturated heterocycles. The summed E-state index contributed by atoms with van der Waals surface area (Å²) in [6.07, 6.45) is 0. The van der Waals surface area contributed by atoms with E-state index in [-0.39, 0.29) is 24.3 Å². The van der Waals surface area contributed by atoms with Crippen LogP contribution in [0.4, 0.5) is 0 Å².